The normalized spacial score (nSPS) is 10.7. The van der Waals surface area contributed by atoms with E-state index in [-0.39, 0.29) is 23.8 Å². The number of nitrogens with one attached hydrogen (secondary N) is 1. The Morgan fingerprint density at radius 1 is 1.08 bits per heavy atom. The van der Waals surface area contributed by atoms with Gasteiger partial charge in [0.05, 0.1) is 5.52 Å². The molecular weight excluding hydrogens is 326 g/mol. The smallest absolute Gasteiger partial charge is 0.262 e. The van der Waals surface area contributed by atoms with Gasteiger partial charge >= 0.3 is 0 Å². The van der Waals surface area contributed by atoms with Gasteiger partial charge in [0.25, 0.3) is 5.91 Å². The molecule has 1 heterocycles. The SMILES string of the molecule is Cc1ccc(NC(=O)COc2ccnc3cc(F)c(F)cc23)cc1C. The Hall–Kier alpha value is -3.02. The molecule has 0 atom stereocenters. The number of amides is 1. The summed E-state index contributed by atoms with van der Waals surface area (Å²) < 4.78 is 32.2. The third kappa shape index (κ3) is 3.74. The summed E-state index contributed by atoms with van der Waals surface area (Å²) >= 11 is 0. The summed E-state index contributed by atoms with van der Waals surface area (Å²) in [6, 6.07) is 9.09. The van der Waals surface area contributed by atoms with Crippen LogP contribution in [0.4, 0.5) is 14.5 Å². The van der Waals surface area contributed by atoms with Crippen molar-refractivity contribution in [3.8, 4) is 5.75 Å². The van der Waals surface area contributed by atoms with E-state index in [4.69, 9.17) is 4.74 Å². The van der Waals surface area contributed by atoms with Gasteiger partial charge in [0.2, 0.25) is 0 Å². The standard InChI is InChI=1S/C19H16F2N2O2/c1-11-3-4-13(7-12(11)2)23-19(24)10-25-18-5-6-22-17-9-16(21)15(20)8-14(17)18/h3-9H,10H2,1-2H3,(H,23,24). The number of nitrogens with zero attached hydrogens (tertiary/aromatic N) is 1. The molecule has 0 aliphatic rings. The fourth-order valence-electron chi connectivity index (χ4n) is 2.40. The van der Waals surface area contributed by atoms with Gasteiger partial charge in [-0.3, -0.25) is 9.78 Å². The van der Waals surface area contributed by atoms with Gasteiger partial charge < -0.3 is 10.1 Å². The number of hydrogen-bond acceptors (Lipinski definition) is 3. The van der Waals surface area contributed by atoms with Crippen LogP contribution in [-0.2, 0) is 4.79 Å². The summed E-state index contributed by atoms with van der Waals surface area (Å²) in [6.45, 7) is 3.68. The zero-order valence-electron chi connectivity index (χ0n) is 13.8. The zero-order chi connectivity index (χ0) is 18.0. The molecule has 0 saturated heterocycles. The second kappa shape index (κ2) is 6.84. The lowest BCUT2D eigenvalue weighted by atomic mass is 10.1. The number of ether oxygens (including phenoxy) is 1. The topological polar surface area (TPSA) is 51.2 Å². The largest absolute Gasteiger partial charge is 0.483 e. The maximum Gasteiger partial charge on any atom is 0.262 e. The second-order valence-corrected chi connectivity index (χ2v) is 5.73. The third-order valence-corrected chi connectivity index (χ3v) is 3.89. The predicted molar refractivity (Wildman–Crippen MR) is 91.7 cm³/mol. The molecule has 3 aromatic rings. The van der Waals surface area contributed by atoms with Crippen molar-refractivity contribution in [1.82, 2.24) is 4.98 Å². The van der Waals surface area contributed by atoms with Crippen molar-refractivity contribution in [2.75, 3.05) is 11.9 Å². The van der Waals surface area contributed by atoms with Crippen LogP contribution in [0.5, 0.6) is 5.75 Å². The first-order chi connectivity index (χ1) is 11.9. The molecule has 4 nitrogen and oxygen atoms in total. The van der Waals surface area contributed by atoms with Crippen molar-refractivity contribution < 1.29 is 18.3 Å². The number of rotatable bonds is 4. The summed E-state index contributed by atoms with van der Waals surface area (Å²) in [5, 5.41) is 3.04. The second-order valence-electron chi connectivity index (χ2n) is 5.73. The van der Waals surface area contributed by atoms with Gasteiger partial charge in [-0.15, -0.1) is 0 Å². The highest BCUT2D eigenvalue weighted by Crippen LogP contribution is 2.26. The first-order valence-electron chi connectivity index (χ1n) is 7.67. The number of pyridine rings is 1. The molecule has 0 saturated carbocycles. The van der Waals surface area contributed by atoms with Gasteiger partial charge in [0, 0.05) is 23.3 Å². The fourth-order valence-corrected chi connectivity index (χ4v) is 2.40. The molecule has 128 valence electrons. The van der Waals surface area contributed by atoms with Crippen LogP contribution in [-0.4, -0.2) is 17.5 Å². The average Bonchev–Trinajstić information content (AvgIpc) is 2.57. The van der Waals surface area contributed by atoms with Crippen molar-refractivity contribution in [3.05, 3.63) is 65.4 Å². The van der Waals surface area contributed by atoms with E-state index < -0.39 is 11.6 Å². The molecule has 0 unspecified atom stereocenters. The van der Waals surface area contributed by atoms with E-state index in [0.717, 1.165) is 23.3 Å². The van der Waals surface area contributed by atoms with Gasteiger partial charge in [0.1, 0.15) is 5.75 Å². The molecule has 1 amide bonds. The lowest BCUT2D eigenvalue weighted by Crippen LogP contribution is -2.20. The van der Waals surface area contributed by atoms with Crippen LogP contribution in [0.25, 0.3) is 10.9 Å². The number of benzene rings is 2. The Morgan fingerprint density at radius 3 is 2.60 bits per heavy atom. The highest BCUT2D eigenvalue weighted by Gasteiger charge is 2.11. The monoisotopic (exact) mass is 342 g/mol. The minimum Gasteiger partial charge on any atom is -0.483 e. The number of aromatic nitrogens is 1. The number of hydrogen-bond donors (Lipinski definition) is 1. The molecule has 2 aromatic carbocycles. The quantitative estimate of drug-likeness (QED) is 0.775. The Morgan fingerprint density at radius 2 is 1.84 bits per heavy atom. The van der Waals surface area contributed by atoms with E-state index in [1.165, 1.54) is 12.3 Å². The molecule has 1 N–H and O–H groups in total. The van der Waals surface area contributed by atoms with E-state index >= 15 is 0 Å². The number of anilines is 1. The third-order valence-electron chi connectivity index (χ3n) is 3.89. The maximum absolute atomic E-state index is 13.4. The van der Waals surface area contributed by atoms with Crippen molar-refractivity contribution >= 4 is 22.5 Å². The minimum atomic E-state index is -0.995. The van der Waals surface area contributed by atoms with Crippen molar-refractivity contribution in [3.63, 3.8) is 0 Å². The molecule has 3 rings (SSSR count). The summed E-state index contributed by atoms with van der Waals surface area (Å²) in [7, 11) is 0. The van der Waals surface area contributed by atoms with Crippen LogP contribution in [0.2, 0.25) is 0 Å². The van der Waals surface area contributed by atoms with Crippen molar-refractivity contribution in [1.29, 1.82) is 0 Å². The van der Waals surface area contributed by atoms with E-state index in [0.29, 0.717) is 11.1 Å². The molecule has 0 aliphatic heterocycles. The van der Waals surface area contributed by atoms with Gasteiger partial charge in [-0.1, -0.05) is 6.07 Å². The summed E-state index contributed by atoms with van der Waals surface area (Å²) in [4.78, 5) is 16.0. The Kier molecular flexibility index (Phi) is 4.61. The molecular formula is C19H16F2N2O2. The predicted octanol–water partition coefficient (Wildman–Crippen LogP) is 4.15. The van der Waals surface area contributed by atoms with E-state index in [2.05, 4.69) is 10.3 Å². The highest BCUT2D eigenvalue weighted by molar-refractivity contribution is 5.92. The maximum atomic E-state index is 13.4. The van der Waals surface area contributed by atoms with Gasteiger partial charge in [-0.2, -0.15) is 0 Å². The lowest BCUT2D eigenvalue weighted by molar-refractivity contribution is -0.118. The Balaban J connectivity index is 1.72. The average molecular weight is 342 g/mol. The number of fused-ring (bicyclic) bond motifs is 1. The first-order valence-corrected chi connectivity index (χ1v) is 7.67. The van der Waals surface area contributed by atoms with Crippen LogP contribution in [0.15, 0.2) is 42.6 Å². The first kappa shape index (κ1) is 16.8. The van der Waals surface area contributed by atoms with E-state index in [1.54, 1.807) is 6.07 Å². The number of carbonyl (C=O) groups is 1. The molecule has 1 aromatic heterocycles. The molecule has 0 radical (unpaired) electrons. The van der Waals surface area contributed by atoms with E-state index in [9.17, 15) is 13.6 Å². The van der Waals surface area contributed by atoms with Crippen molar-refractivity contribution in [2.45, 2.75) is 13.8 Å². The molecule has 0 bridgehead atoms. The van der Waals surface area contributed by atoms with E-state index in [1.807, 2.05) is 26.0 Å². The number of carbonyl (C=O) groups excluding carboxylic acids is 1. The Labute approximate surface area is 143 Å². The van der Waals surface area contributed by atoms with Crippen molar-refractivity contribution in [2.24, 2.45) is 0 Å². The lowest BCUT2D eigenvalue weighted by Gasteiger charge is -2.10. The summed E-state index contributed by atoms with van der Waals surface area (Å²) in [5.74, 6) is -2.07. The highest BCUT2D eigenvalue weighted by atomic mass is 19.2. The molecule has 0 aliphatic carbocycles. The molecule has 25 heavy (non-hydrogen) atoms. The van der Waals surface area contributed by atoms with Crippen LogP contribution in [0.1, 0.15) is 11.1 Å². The van der Waals surface area contributed by atoms with Crippen LogP contribution < -0.4 is 10.1 Å². The summed E-state index contributed by atoms with van der Waals surface area (Å²) in [6.07, 6.45) is 1.41. The Bertz CT molecular complexity index is 958. The fraction of sp³-hybridized carbons (Fsp3) is 0.158. The van der Waals surface area contributed by atoms with Gasteiger partial charge in [-0.05, 0) is 49.2 Å². The number of aryl methyl sites for hydroxylation is 2. The molecule has 0 spiro atoms. The summed E-state index contributed by atoms with van der Waals surface area (Å²) in [5.41, 5.74) is 3.12. The molecule has 0 fully saturated rings. The van der Waals surface area contributed by atoms with Gasteiger partial charge in [-0.25, -0.2) is 8.78 Å². The zero-order valence-corrected chi connectivity index (χ0v) is 13.8. The van der Waals surface area contributed by atoms with Crippen LogP contribution in [0.3, 0.4) is 0 Å². The number of halogens is 2. The minimum absolute atomic E-state index is 0.256. The van der Waals surface area contributed by atoms with Gasteiger partial charge in [0.15, 0.2) is 18.2 Å². The molecule has 6 heteroatoms. The van der Waals surface area contributed by atoms with Crippen LogP contribution in [0, 0.1) is 25.5 Å². The van der Waals surface area contributed by atoms with Crippen LogP contribution >= 0.6 is 0 Å².